The van der Waals surface area contributed by atoms with Gasteiger partial charge in [0.05, 0.1) is 27.6 Å². The van der Waals surface area contributed by atoms with Crippen LogP contribution in [-0.2, 0) is 21.2 Å². The normalized spacial score (nSPS) is 24.2. The molecule has 2 aliphatic heterocycles. The number of benzene rings is 1. The minimum Gasteiger partial charge on any atom is -0.496 e. The number of ether oxygens (including phenoxy) is 3. The molecule has 9 heteroatoms. The Labute approximate surface area is 172 Å². The van der Waals surface area contributed by atoms with Gasteiger partial charge in [-0.05, 0) is 32.1 Å². The van der Waals surface area contributed by atoms with Crippen LogP contribution >= 0.6 is 0 Å². The summed E-state index contributed by atoms with van der Waals surface area (Å²) in [5.74, 6) is 1.81. The molecule has 2 atom stereocenters. The van der Waals surface area contributed by atoms with E-state index >= 15 is 0 Å². The first-order chi connectivity index (χ1) is 13.8. The van der Waals surface area contributed by atoms with Crippen LogP contribution in [0, 0.1) is 0 Å². The molecule has 2 aliphatic rings. The van der Waals surface area contributed by atoms with Gasteiger partial charge >= 0.3 is 0 Å². The molecule has 8 nitrogen and oxygen atoms in total. The number of piperidine rings is 1. The molecule has 1 amide bonds. The molecule has 2 unspecified atom stereocenters. The first-order valence-electron chi connectivity index (χ1n) is 9.83. The molecule has 0 radical (unpaired) electrons. The fraction of sp³-hybridized carbons (Fsp3) is 0.650. The maximum atomic E-state index is 12.6. The molecule has 3 rings (SSSR count). The summed E-state index contributed by atoms with van der Waals surface area (Å²) in [7, 11) is 1.52. The maximum Gasteiger partial charge on any atom is 0.220 e. The largest absolute Gasteiger partial charge is 0.496 e. The van der Waals surface area contributed by atoms with E-state index in [0.29, 0.717) is 42.9 Å². The van der Waals surface area contributed by atoms with Crippen molar-refractivity contribution in [2.45, 2.75) is 56.7 Å². The van der Waals surface area contributed by atoms with Gasteiger partial charge in [-0.1, -0.05) is 0 Å². The predicted octanol–water partition coefficient (Wildman–Crippen LogP) is 1.72. The molecule has 1 N–H and O–H groups in total. The Balaban J connectivity index is 1.60. The Morgan fingerprint density at radius 3 is 2.07 bits per heavy atom. The molecule has 0 aromatic heterocycles. The second kappa shape index (κ2) is 8.79. The zero-order chi connectivity index (χ0) is 21.2. The predicted molar refractivity (Wildman–Crippen MR) is 109 cm³/mol. The lowest BCUT2D eigenvalue weighted by molar-refractivity contribution is -0.122. The van der Waals surface area contributed by atoms with Crippen molar-refractivity contribution in [2.75, 3.05) is 27.6 Å². The molecule has 162 valence electrons. The molecule has 1 aromatic rings. The number of rotatable bonds is 8. The van der Waals surface area contributed by atoms with Crippen molar-refractivity contribution in [1.29, 1.82) is 0 Å². The van der Waals surface area contributed by atoms with Gasteiger partial charge in [-0.15, -0.1) is 0 Å². The molecular weight excluding hydrogens is 396 g/mol. The van der Waals surface area contributed by atoms with E-state index in [-0.39, 0.29) is 24.0 Å². The highest BCUT2D eigenvalue weighted by Gasteiger charge is 2.45. The number of sulfonamides is 1. The topological polar surface area (TPSA) is 94.2 Å². The number of carbonyl (C=O) groups excluding carboxylic acids is 1. The van der Waals surface area contributed by atoms with Gasteiger partial charge in [-0.25, -0.2) is 8.42 Å². The number of fused-ring (bicyclic) bond motifs is 2. The van der Waals surface area contributed by atoms with Crippen LogP contribution in [0.5, 0.6) is 17.2 Å². The molecule has 2 heterocycles. The highest BCUT2D eigenvalue weighted by Crippen LogP contribution is 2.38. The highest BCUT2D eigenvalue weighted by atomic mass is 32.2. The first-order valence-corrected chi connectivity index (χ1v) is 11.7. The molecule has 2 bridgehead atoms. The molecule has 2 fully saturated rings. The van der Waals surface area contributed by atoms with Crippen LogP contribution in [0.15, 0.2) is 12.1 Å². The van der Waals surface area contributed by atoms with Gasteiger partial charge in [-0.2, -0.15) is 4.31 Å². The van der Waals surface area contributed by atoms with Crippen molar-refractivity contribution >= 4 is 15.9 Å². The molecule has 0 saturated carbocycles. The Hall–Kier alpha value is -2.00. The smallest absolute Gasteiger partial charge is 0.220 e. The number of nitrogens with zero attached hydrogens (tertiary/aromatic N) is 1. The summed E-state index contributed by atoms with van der Waals surface area (Å²) in [6.07, 6.45) is 5.11. The van der Waals surface area contributed by atoms with E-state index in [4.69, 9.17) is 14.2 Å². The third kappa shape index (κ3) is 4.78. The lowest BCUT2D eigenvalue weighted by Gasteiger charge is -2.37. The minimum absolute atomic E-state index is 0.00386. The summed E-state index contributed by atoms with van der Waals surface area (Å²) in [5.41, 5.74) is 0.818. The molecule has 0 spiro atoms. The first kappa shape index (κ1) is 21.7. The SMILES string of the molecule is COc1cc(OC)c(CCC(=O)NC2CC3CCC(C2)N3S(C)(=O)=O)c(OC)c1. The summed E-state index contributed by atoms with van der Waals surface area (Å²) in [5, 5.41) is 3.09. The van der Waals surface area contributed by atoms with Gasteiger partial charge in [0, 0.05) is 42.2 Å². The van der Waals surface area contributed by atoms with Gasteiger partial charge in [-0.3, -0.25) is 4.79 Å². The average molecular weight is 427 g/mol. The van der Waals surface area contributed by atoms with Gasteiger partial charge < -0.3 is 19.5 Å². The van der Waals surface area contributed by atoms with E-state index in [1.165, 1.54) is 6.26 Å². The number of hydrogen-bond donors (Lipinski definition) is 1. The lowest BCUT2D eigenvalue weighted by atomic mass is 9.99. The molecule has 29 heavy (non-hydrogen) atoms. The Morgan fingerprint density at radius 2 is 1.62 bits per heavy atom. The summed E-state index contributed by atoms with van der Waals surface area (Å²) in [6, 6.07) is 3.55. The van der Waals surface area contributed by atoms with Crippen molar-refractivity contribution in [3.8, 4) is 17.2 Å². The Kier molecular flexibility index (Phi) is 6.58. The third-order valence-electron chi connectivity index (χ3n) is 5.83. The number of methoxy groups -OCH3 is 3. The zero-order valence-corrected chi connectivity index (χ0v) is 18.3. The van der Waals surface area contributed by atoms with Crippen LogP contribution in [0.4, 0.5) is 0 Å². The molecule has 2 saturated heterocycles. The van der Waals surface area contributed by atoms with Crippen molar-refractivity contribution in [3.05, 3.63) is 17.7 Å². The van der Waals surface area contributed by atoms with E-state index in [2.05, 4.69) is 5.32 Å². The van der Waals surface area contributed by atoms with Crippen LogP contribution in [0.1, 0.15) is 37.7 Å². The lowest BCUT2D eigenvalue weighted by Crippen LogP contribution is -2.52. The summed E-state index contributed by atoms with van der Waals surface area (Å²) in [6.45, 7) is 0. The van der Waals surface area contributed by atoms with Crippen LogP contribution in [-0.4, -0.2) is 64.3 Å². The van der Waals surface area contributed by atoms with E-state index in [1.807, 2.05) is 0 Å². The van der Waals surface area contributed by atoms with Gasteiger partial charge in [0.1, 0.15) is 17.2 Å². The second-order valence-corrected chi connectivity index (χ2v) is 9.61. The van der Waals surface area contributed by atoms with Crippen LogP contribution in [0.3, 0.4) is 0 Å². The van der Waals surface area contributed by atoms with E-state index in [1.54, 1.807) is 37.8 Å². The Morgan fingerprint density at radius 1 is 1.07 bits per heavy atom. The summed E-state index contributed by atoms with van der Waals surface area (Å²) in [4.78, 5) is 12.6. The van der Waals surface area contributed by atoms with E-state index in [0.717, 1.165) is 18.4 Å². The Bertz CT molecular complexity index is 818. The van der Waals surface area contributed by atoms with Crippen LogP contribution in [0.25, 0.3) is 0 Å². The molecule has 1 aromatic carbocycles. The van der Waals surface area contributed by atoms with Gasteiger partial charge in [0.25, 0.3) is 0 Å². The summed E-state index contributed by atoms with van der Waals surface area (Å²) < 4.78 is 41.8. The van der Waals surface area contributed by atoms with E-state index < -0.39 is 10.0 Å². The van der Waals surface area contributed by atoms with Crippen molar-refractivity contribution < 1.29 is 27.4 Å². The number of hydrogen-bond acceptors (Lipinski definition) is 6. The number of nitrogens with one attached hydrogen (secondary N) is 1. The minimum atomic E-state index is -3.20. The fourth-order valence-corrected chi connectivity index (χ4v) is 6.12. The number of carbonyl (C=O) groups is 1. The third-order valence-corrected chi connectivity index (χ3v) is 7.20. The van der Waals surface area contributed by atoms with Crippen molar-refractivity contribution in [2.24, 2.45) is 0 Å². The molecule has 0 aliphatic carbocycles. The number of amides is 1. The van der Waals surface area contributed by atoms with Crippen LogP contribution < -0.4 is 19.5 Å². The van der Waals surface area contributed by atoms with Crippen LogP contribution in [0.2, 0.25) is 0 Å². The molecular formula is C20H30N2O6S. The monoisotopic (exact) mass is 426 g/mol. The fourth-order valence-electron chi connectivity index (χ4n) is 4.66. The van der Waals surface area contributed by atoms with Crippen molar-refractivity contribution in [3.63, 3.8) is 0 Å². The van der Waals surface area contributed by atoms with Gasteiger partial charge in [0.2, 0.25) is 15.9 Å². The summed E-state index contributed by atoms with van der Waals surface area (Å²) >= 11 is 0. The second-order valence-electron chi connectivity index (χ2n) is 7.72. The highest BCUT2D eigenvalue weighted by molar-refractivity contribution is 7.88. The standard InChI is InChI=1S/C20H30N2O6S/c1-26-16-11-18(27-2)17(19(12-16)28-3)7-8-20(23)21-13-9-14-5-6-15(10-13)22(14)29(4,24)25/h11-15H,5-10H2,1-4H3,(H,21,23). The maximum absolute atomic E-state index is 12.6. The van der Waals surface area contributed by atoms with Gasteiger partial charge in [0.15, 0.2) is 0 Å². The zero-order valence-electron chi connectivity index (χ0n) is 17.4. The van der Waals surface area contributed by atoms with E-state index in [9.17, 15) is 13.2 Å². The van der Waals surface area contributed by atoms with Crippen molar-refractivity contribution in [1.82, 2.24) is 9.62 Å². The average Bonchev–Trinajstić information content (AvgIpc) is 2.97. The quantitative estimate of drug-likeness (QED) is 0.680.